The molecule has 0 spiro atoms. The van der Waals surface area contributed by atoms with E-state index in [0.717, 1.165) is 25.7 Å². The summed E-state index contributed by atoms with van der Waals surface area (Å²) in [6, 6.07) is 18.9. The Labute approximate surface area is 175 Å². The Morgan fingerprint density at radius 3 is 2.23 bits per heavy atom. The molecular weight excluding hydrogens is 378 g/mol. The van der Waals surface area contributed by atoms with Crippen molar-refractivity contribution in [2.24, 2.45) is 0 Å². The highest BCUT2D eigenvalue weighted by Gasteiger charge is 2.44. The van der Waals surface area contributed by atoms with Gasteiger partial charge in [0, 0.05) is 55.0 Å². The average molecular weight is 401 g/mol. The Morgan fingerprint density at radius 1 is 0.867 bits per heavy atom. The molecule has 2 aliphatic heterocycles. The number of carbonyl (C=O) groups is 1. The van der Waals surface area contributed by atoms with Crippen LogP contribution in [0.5, 0.6) is 17.5 Å². The van der Waals surface area contributed by atoms with Gasteiger partial charge in [-0.1, -0.05) is 18.2 Å². The molecule has 0 unspecified atom stereocenters. The largest absolute Gasteiger partial charge is 0.474 e. The molecular formula is C24H23N3O3. The number of amides is 1. The number of fused-ring (bicyclic) bond motifs is 2. The van der Waals surface area contributed by atoms with Crippen LogP contribution in [0.25, 0.3) is 0 Å². The Bertz CT molecular complexity index is 998. The van der Waals surface area contributed by atoms with Crippen molar-refractivity contribution in [3.05, 3.63) is 78.6 Å². The van der Waals surface area contributed by atoms with E-state index in [4.69, 9.17) is 9.47 Å². The summed E-state index contributed by atoms with van der Waals surface area (Å²) in [7, 11) is 0. The zero-order valence-electron chi connectivity index (χ0n) is 16.6. The van der Waals surface area contributed by atoms with Crippen molar-refractivity contribution >= 4 is 5.91 Å². The van der Waals surface area contributed by atoms with Crippen LogP contribution in [0, 0.1) is 0 Å². The van der Waals surface area contributed by atoms with Crippen LogP contribution in [0.2, 0.25) is 0 Å². The van der Waals surface area contributed by atoms with Crippen molar-refractivity contribution in [2.75, 3.05) is 0 Å². The maximum absolute atomic E-state index is 13.3. The third-order valence-corrected chi connectivity index (χ3v) is 5.79. The molecule has 0 radical (unpaired) electrons. The van der Waals surface area contributed by atoms with Gasteiger partial charge in [0.2, 0.25) is 11.8 Å². The number of piperidine rings is 1. The monoisotopic (exact) mass is 401 g/mol. The minimum Gasteiger partial charge on any atom is -0.474 e. The van der Waals surface area contributed by atoms with Gasteiger partial charge >= 0.3 is 0 Å². The molecule has 6 heteroatoms. The predicted molar refractivity (Wildman–Crippen MR) is 112 cm³/mol. The van der Waals surface area contributed by atoms with Gasteiger partial charge in [-0.2, -0.15) is 0 Å². The maximum Gasteiger partial charge on any atom is 0.254 e. The van der Waals surface area contributed by atoms with Gasteiger partial charge in [0.15, 0.2) is 0 Å². The second-order valence-corrected chi connectivity index (χ2v) is 7.77. The lowest BCUT2D eigenvalue weighted by Gasteiger charge is -2.38. The summed E-state index contributed by atoms with van der Waals surface area (Å²) < 4.78 is 11.9. The fourth-order valence-electron chi connectivity index (χ4n) is 4.51. The maximum atomic E-state index is 13.3. The highest BCUT2D eigenvalue weighted by Crippen LogP contribution is 2.38. The predicted octanol–water partition coefficient (Wildman–Crippen LogP) is 4.48. The molecule has 0 N–H and O–H groups in total. The number of aromatic nitrogens is 2. The summed E-state index contributed by atoms with van der Waals surface area (Å²) in [6.07, 6.45) is 7.22. The number of carbonyl (C=O) groups excluding carboxylic acids is 1. The van der Waals surface area contributed by atoms with Gasteiger partial charge in [-0.05, 0) is 43.2 Å². The first-order chi connectivity index (χ1) is 14.8. The zero-order valence-corrected chi connectivity index (χ0v) is 16.6. The van der Waals surface area contributed by atoms with Gasteiger partial charge < -0.3 is 14.4 Å². The lowest BCUT2D eigenvalue weighted by molar-refractivity contribution is 0.0347. The van der Waals surface area contributed by atoms with Crippen molar-refractivity contribution in [3.63, 3.8) is 0 Å². The van der Waals surface area contributed by atoms with Crippen LogP contribution >= 0.6 is 0 Å². The first-order valence-electron chi connectivity index (χ1n) is 10.4. The van der Waals surface area contributed by atoms with Crippen LogP contribution < -0.4 is 9.47 Å². The van der Waals surface area contributed by atoms with Crippen LogP contribution in [0.3, 0.4) is 0 Å². The van der Waals surface area contributed by atoms with Crippen molar-refractivity contribution in [1.82, 2.24) is 14.9 Å². The van der Waals surface area contributed by atoms with E-state index in [0.29, 0.717) is 23.1 Å². The topological polar surface area (TPSA) is 64.5 Å². The molecule has 0 aliphatic carbocycles. The Hall–Kier alpha value is -3.41. The van der Waals surface area contributed by atoms with Crippen LogP contribution in [0.15, 0.2) is 73.1 Å². The van der Waals surface area contributed by atoms with E-state index >= 15 is 0 Å². The standard InChI is InChI=1S/C24H23N3O3/c28-24(17-6-5-7-20(14-17)29-22-8-1-3-12-25-22)27-18-10-11-19(27)16-21(15-18)30-23-9-2-4-13-26-23/h1-9,12-14,18-19,21H,10-11,15-16H2/t18-,19-/m0/s1. The summed E-state index contributed by atoms with van der Waals surface area (Å²) in [4.78, 5) is 23.8. The third kappa shape index (κ3) is 3.85. The Morgan fingerprint density at radius 2 is 1.57 bits per heavy atom. The molecule has 2 saturated heterocycles. The number of nitrogens with zero attached hydrogens (tertiary/aromatic N) is 3. The van der Waals surface area contributed by atoms with Crippen molar-refractivity contribution in [2.45, 2.75) is 43.9 Å². The van der Waals surface area contributed by atoms with Crippen LogP contribution in [-0.4, -0.2) is 39.0 Å². The number of ether oxygens (including phenoxy) is 2. The van der Waals surface area contributed by atoms with Crippen molar-refractivity contribution < 1.29 is 14.3 Å². The van der Waals surface area contributed by atoms with Gasteiger partial charge in [0.1, 0.15) is 11.9 Å². The van der Waals surface area contributed by atoms with Crippen molar-refractivity contribution in [1.29, 1.82) is 0 Å². The lowest BCUT2D eigenvalue weighted by atomic mass is 9.98. The molecule has 2 aromatic heterocycles. The highest BCUT2D eigenvalue weighted by atomic mass is 16.5. The zero-order chi connectivity index (χ0) is 20.3. The van der Waals surface area contributed by atoms with E-state index in [9.17, 15) is 4.79 Å². The smallest absolute Gasteiger partial charge is 0.254 e. The van der Waals surface area contributed by atoms with Crippen LogP contribution in [0.4, 0.5) is 0 Å². The summed E-state index contributed by atoms with van der Waals surface area (Å²) >= 11 is 0. The number of pyridine rings is 2. The minimum atomic E-state index is 0.0604. The number of benzene rings is 1. The average Bonchev–Trinajstić information content (AvgIpc) is 3.05. The van der Waals surface area contributed by atoms with Gasteiger partial charge in [0.25, 0.3) is 5.91 Å². The molecule has 2 atom stereocenters. The molecule has 6 nitrogen and oxygen atoms in total. The third-order valence-electron chi connectivity index (χ3n) is 5.79. The fourth-order valence-corrected chi connectivity index (χ4v) is 4.51. The SMILES string of the molecule is O=C(c1cccc(Oc2ccccn2)c1)N1[C@H]2CC[C@H]1CC(Oc1ccccn1)C2. The second kappa shape index (κ2) is 8.14. The van der Waals surface area contributed by atoms with Gasteiger partial charge in [-0.3, -0.25) is 4.79 Å². The van der Waals surface area contributed by atoms with Crippen LogP contribution in [0.1, 0.15) is 36.0 Å². The molecule has 1 aromatic carbocycles. The quantitative estimate of drug-likeness (QED) is 0.631. The first-order valence-corrected chi connectivity index (χ1v) is 10.4. The van der Waals surface area contributed by atoms with Gasteiger partial charge in [-0.25, -0.2) is 9.97 Å². The Balaban J connectivity index is 1.28. The molecule has 2 aliphatic rings. The number of hydrogen-bond donors (Lipinski definition) is 0. The lowest BCUT2D eigenvalue weighted by Crippen LogP contribution is -2.49. The van der Waals surface area contributed by atoms with Crippen LogP contribution in [-0.2, 0) is 0 Å². The van der Waals surface area contributed by atoms with E-state index in [1.165, 1.54) is 0 Å². The van der Waals surface area contributed by atoms with E-state index in [1.54, 1.807) is 24.5 Å². The molecule has 2 fully saturated rings. The summed E-state index contributed by atoms with van der Waals surface area (Å²) in [6.45, 7) is 0. The molecule has 152 valence electrons. The van der Waals surface area contributed by atoms with Gasteiger partial charge in [0.05, 0.1) is 0 Å². The van der Waals surface area contributed by atoms with Gasteiger partial charge in [-0.15, -0.1) is 0 Å². The Kier molecular flexibility index (Phi) is 5.05. The fraction of sp³-hybridized carbons (Fsp3) is 0.292. The van der Waals surface area contributed by atoms with E-state index in [-0.39, 0.29) is 24.1 Å². The molecule has 0 saturated carbocycles. The molecule has 2 bridgehead atoms. The highest BCUT2D eigenvalue weighted by molar-refractivity contribution is 5.95. The summed E-state index contributed by atoms with van der Waals surface area (Å²) in [5.74, 6) is 1.83. The molecule has 4 heterocycles. The molecule has 3 aromatic rings. The first kappa shape index (κ1) is 18.6. The normalized spacial score (nSPS) is 22.5. The molecule has 5 rings (SSSR count). The molecule has 1 amide bonds. The minimum absolute atomic E-state index is 0.0604. The second-order valence-electron chi connectivity index (χ2n) is 7.77. The molecule has 30 heavy (non-hydrogen) atoms. The summed E-state index contributed by atoms with van der Waals surface area (Å²) in [5, 5.41) is 0. The van der Waals surface area contributed by atoms with E-state index in [1.807, 2.05) is 48.5 Å². The summed E-state index contributed by atoms with van der Waals surface area (Å²) in [5.41, 5.74) is 0.643. The van der Waals surface area contributed by atoms with E-state index in [2.05, 4.69) is 14.9 Å². The number of hydrogen-bond acceptors (Lipinski definition) is 5. The van der Waals surface area contributed by atoms with E-state index < -0.39 is 0 Å². The van der Waals surface area contributed by atoms with Crippen molar-refractivity contribution in [3.8, 4) is 17.5 Å². The number of rotatable bonds is 5.